The molecule has 2 aliphatic rings. The summed E-state index contributed by atoms with van der Waals surface area (Å²) in [6.45, 7) is 4.36. The highest BCUT2D eigenvalue weighted by Gasteiger charge is 2.43. The minimum absolute atomic E-state index is 0.155. The summed E-state index contributed by atoms with van der Waals surface area (Å²) in [6.07, 6.45) is 7.96. The largest absolute Gasteiger partial charge is 0.334 e. The molecule has 0 radical (unpaired) electrons. The van der Waals surface area contributed by atoms with Gasteiger partial charge in [-0.15, -0.1) is 6.58 Å². The van der Waals surface area contributed by atoms with Gasteiger partial charge in [0.2, 0.25) is 5.91 Å². The lowest BCUT2D eigenvalue weighted by molar-refractivity contribution is -0.136. The van der Waals surface area contributed by atoms with Gasteiger partial charge in [0, 0.05) is 12.6 Å². The zero-order valence-corrected chi connectivity index (χ0v) is 9.24. The van der Waals surface area contributed by atoms with Gasteiger partial charge in [0.15, 0.2) is 0 Å². The lowest BCUT2D eigenvalue weighted by Gasteiger charge is -2.31. The molecule has 84 valence electrons. The molecule has 2 rings (SSSR count). The number of rotatable bonds is 4. The molecular formula is C12H20N2O. The first-order valence-corrected chi connectivity index (χ1v) is 5.88. The van der Waals surface area contributed by atoms with E-state index in [1.807, 2.05) is 4.90 Å². The quantitative estimate of drug-likeness (QED) is 0.710. The highest BCUT2D eigenvalue weighted by Crippen LogP contribution is 2.34. The molecular weight excluding hydrogens is 188 g/mol. The molecule has 15 heavy (non-hydrogen) atoms. The Morgan fingerprint density at radius 1 is 1.47 bits per heavy atom. The van der Waals surface area contributed by atoms with Crippen LogP contribution in [0, 0.1) is 0 Å². The fourth-order valence-electron chi connectivity index (χ4n) is 2.43. The third-order valence-corrected chi connectivity index (χ3v) is 3.50. The predicted molar refractivity (Wildman–Crippen MR) is 60.3 cm³/mol. The van der Waals surface area contributed by atoms with Crippen molar-refractivity contribution < 1.29 is 4.79 Å². The fourth-order valence-corrected chi connectivity index (χ4v) is 2.43. The van der Waals surface area contributed by atoms with Gasteiger partial charge in [0.05, 0.1) is 5.54 Å². The van der Waals surface area contributed by atoms with Crippen LogP contribution in [0.25, 0.3) is 0 Å². The van der Waals surface area contributed by atoms with Gasteiger partial charge in [-0.2, -0.15) is 0 Å². The molecule has 0 bridgehead atoms. The van der Waals surface area contributed by atoms with Crippen molar-refractivity contribution in [1.29, 1.82) is 0 Å². The van der Waals surface area contributed by atoms with E-state index < -0.39 is 5.54 Å². The van der Waals surface area contributed by atoms with Gasteiger partial charge in [-0.05, 0) is 25.7 Å². The van der Waals surface area contributed by atoms with Crippen molar-refractivity contribution in [2.24, 2.45) is 5.73 Å². The van der Waals surface area contributed by atoms with Crippen LogP contribution in [0.2, 0.25) is 0 Å². The van der Waals surface area contributed by atoms with Crippen LogP contribution >= 0.6 is 0 Å². The van der Waals surface area contributed by atoms with E-state index in [-0.39, 0.29) is 5.91 Å². The molecule has 2 aliphatic carbocycles. The first kappa shape index (κ1) is 10.7. The molecule has 0 aliphatic heterocycles. The third-order valence-electron chi connectivity index (χ3n) is 3.50. The van der Waals surface area contributed by atoms with E-state index in [9.17, 15) is 4.79 Å². The Balaban J connectivity index is 2.05. The summed E-state index contributed by atoms with van der Waals surface area (Å²) in [7, 11) is 0. The van der Waals surface area contributed by atoms with E-state index in [0.717, 1.165) is 38.5 Å². The topological polar surface area (TPSA) is 46.3 Å². The van der Waals surface area contributed by atoms with Crippen LogP contribution < -0.4 is 5.73 Å². The number of amides is 1. The molecule has 0 heterocycles. The molecule has 1 amide bonds. The Labute approximate surface area is 91.3 Å². The molecule has 2 N–H and O–H groups in total. The Morgan fingerprint density at radius 3 is 2.53 bits per heavy atom. The molecule has 0 atom stereocenters. The molecule has 0 saturated heterocycles. The van der Waals surface area contributed by atoms with Gasteiger partial charge in [-0.3, -0.25) is 4.79 Å². The predicted octanol–water partition coefficient (Wildman–Crippen LogP) is 1.43. The van der Waals surface area contributed by atoms with Gasteiger partial charge in [0.25, 0.3) is 0 Å². The minimum atomic E-state index is -0.564. The molecule has 0 spiro atoms. The third kappa shape index (κ3) is 2.07. The van der Waals surface area contributed by atoms with Crippen molar-refractivity contribution in [3.8, 4) is 0 Å². The monoisotopic (exact) mass is 208 g/mol. The lowest BCUT2D eigenvalue weighted by Crippen LogP contribution is -2.54. The Kier molecular flexibility index (Phi) is 2.83. The molecule has 0 aromatic rings. The lowest BCUT2D eigenvalue weighted by atomic mass is 9.97. The molecule has 0 unspecified atom stereocenters. The van der Waals surface area contributed by atoms with E-state index in [1.165, 1.54) is 0 Å². The summed E-state index contributed by atoms with van der Waals surface area (Å²) in [4.78, 5) is 14.2. The number of nitrogens with zero attached hydrogens (tertiary/aromatic N) is 1. The van der Waals surface area contributed by atoms with E-state index in [1.54, 1.807) is 6.08 Å². The zero-order valence-electron chi connectivity index (χ0n) is 9.24. The number of carbonyl (C=O) groups is 1. The maximum absolute atomic E-state index is 12.3. The molecule has 2 fully saturated rings. The average Bonchev–Trinajstić information content (AvgIpc) is 2.97. The summed E-state index contributed by atoms with van der Waals surface area (Å²) >= 11 is 0. The van der Waals surface area contributed by atoms with Crippen LogP contribution in [0.1, 0.15) is 38.5 Å². The van der Waals surface area contributed by atoms with E-state index in [0.29, 0.717) is 12.6 Å². The van der Waals surface area contributed by atoms with Crippen LogP contribution in [0.5, 0.6) is 0 Å². The van der Waals surface area contributed by atoms with E-state index in [4.69, 9.17) is 5.73 Å². The fraction of sp³-hybridized carbons (Fsp3) is 0.750. The number of hydrogen-bond donors (Lipinski definition) is 1. The number of nitrogens with two attached hydrogens (primary N) is 1. The van der Waals surface area contributed by atoms with E-state index >= 15 is 0 Å². The molecule has 2 saturated carbocycles. The van der Waals surface area contributed by atoms with Gasteiger partial charge in [-0.25, -0.2) is 0 Å². The summed E-state index contributed by atoms with van der Waals surface area (Å²) in [6, 6.07) is 0.441. The maximum Gasteiger partial charge on any atom is 0.243 e. The van der Waals surface area contributed by atoms with Gasteiger partial charge in [-0.1, -0.05) is 18.9 Å². The van der Waals surface area contributed by atoms with Crippen molar-refractivity contribution in [1.82, 2.24) is 4.90 Å². The second kappa shape index (κ2) is 3.97. The zero-order chi connectivity index (χ0) is 10.9. The van der Waals surface area contributed by atoms with Crippen molar-refractivity contribution >= 4 is 5.91 Å². The van der Waals surface area contributed by atoms with Crippen LogP contribution in [0.15, 0.2) is 12.7 Å². The Hall–Kier alpha value is -0.830. The van der Waals surface area contributed by atoms with Crippen molar-refractivity contribution in [2.75, 3.05) is 6.54 Å². The highest BCUT2D eigenvalue weighted by atomic mass is 16.2. The number of hydrogen-bond acceptors (Lipinski definition) is 2. The standard InChI is InChI=1S/C12H20N2O/c1-2-9-14(10-5-6-10)11(15)12(13)7-3-4-8-12/h2,10H,1,3-9,13H2. The summed E-state index contributed by atoms with van der Waals surface area (Å²) in [5, 5.41) is 0. The van der Waals surface area contributed by atoms with Crippen LogP contribution in [-0.2, 0) is 4.79 Å². The van der Waals surface area contributed by atoms with Crippen molar-refractivity contribution in [2.45, 2.75) is 50.1 Å². The second-order valence-electron chi connectivity index (χ2n) is 4.84. The van der Waals surface area contributed by atoms with Crippen LogP contribution in [-0.4, -0.2) is 28.9 Å². The minimum Gasteiger partial charge on any atom is -0.334 e. The molecule has 0 aromatic heterocycles. The molecule has 3 heteroatoms. The summed E-state index contributed by atoms with van der Waals surface area (Å²) in [5.74, 6) is 0.155. The maximum atomic E-state index is 12.3. The summed E-state index contributed by atoms with van der Waals surface area (Å²) in [5.41, 5.74) is 5.61. The van der Waals surface area contributed by atoms with Crippen molar-refractivity contribution in [3.05, 3.63) is 12.7 Å². The number of carbonyl (C=O) groups excluding carboxylic acids is 1. The first-order valence-electron chi connectivity index (χ1n) is 5.88. The average molecular weight is 208 g/mol. The second-order valence-corrected chi connectivity index (χ2v) is 4.84. The van der Waals surface area contributed by atoms with E-state index in [2.05, 4.69) is 6.58 Å². The first-order chi connectivity index (χ1) is 7.17. The smallest absolute Gasteiger partial charge is 0.243 e. The Morgan fingerprint density at radius 2 is 2.07 bits per heavy atom. The molecule has 0 aromatic carbocycles. The SMILES string of the molecule is C=CCN(C(=O)C1(N)CCCC1)C1CC1. The van der Waals surface area contributed by atoms with Crippen molar-refractivity contribution in [3.63, 3.8) is 0 Å². The summed E-state index contributed by atoms with van der Waals surface area (Å²) < 4.78 is 0. The van der Waals surface area contributed by atoms with Gasteiger partial charge in [0.1, 0.15) is 0 Å². The normalized spacial score (nSPS) is 23.8. The van der Waals surface area contributed by atoms with Gasteiger partial charge >= 0.3 is 0 Å². The van der Waals surface area contributed by atoms with Crippen LogP contribution in [0.3, 0.4) is 0 Å². The molecule has 3 nitrogen and oxygen atoms in total. The van der Waals surface area contributed by atoms with Gasteiger partial charge < -0.3 is 10.6 Å². The highest BCUT2D eigenvalue weighted by molar-refractivity contribution is 5.87. The van der Waals surface area contributed by atoms with Crippen LogP contribution in [0.4, 0.5) is 0 Å². The Bertz CT molecular complexity index is 265.